The number of ether oxygens (including phenoxy) is 1. The summed E-state index contributed by atoms with van der Waals surface area (Å²) in [5.74, 6) is 0.611. The van der Waals surface area contributed by atoms with Gasteiger partial charge in [-0.15, -0.1) is 0 Å². The Hall–Kier alpha value is -1.13. The first-order chi connectivity index (χ1) is 8.18. The zero-order chi connectivity index (χ0) is 12.3. The van der Waals surface area contributed by atoms with Gasteiger partial charge in [0, 0.05) is 37.4 Å². The molecule has 0 radical (unpaired) electrons. The van der Waals surface area contributed by atoms with E-state index >= 15 is 0 Å². The fourth-order valence-electron chi connectivity index (χ4n) is 2.23. The highest BCUT2D eigenvalue weighted by molar-refractivity contribution is 7.80. The van der Waals surface area contributed by atoms with Gasteiger partial charge in [-0.25, -0.2) is 0 Å². The van der Waals surface area contributed by atoms with Crippen molar-refractivity contribution < 1.29 is 4.74 Å². The predicted molar refractivity (Wildman–Crippen MR) is 74.5 cm³/mol. The fraction of sp³-hybridized carbons (Fsp3) is 0.462. The predicted octanol–water partition coefficient (Wildman–Crippen LogP) is 1.79. The van der Waals surface area contributed by atoms with Gasteiger partial charge in [0.25, 0.3) is 0 Å². The molecule has 1 unspecified atom stereocenters. The van der Waals surface area contributed by atoms with Crippen LogP contribution in [0.25, 0.3) is 0 Å². The number of hydrogen-bond donors (Lipinski definition) is 1. The molecule has 0 amide bonds. The molecule has 1 heterocycles. The summed E-state index contributed by atoms with van der Waals surface area (Å²) in [6, 6.07) is 8.01. The maximum absolute atomic E-state index is 5.74. The summed E-state index contributed by atoms with van der Waals surface area (Å²) in [4.78, 5) is 2.67. The minimum absolute atomic E-state index is 0.454. The molecule has 0 bridgehead atoms. The molecule has 92 valence electrons. The second-order valence-corrected chi connectivity index (χ2v) is 4.93. The van der Waals surface area contributed by atoms with Gasteiger partial charge in [-0.1, -0.05) is 24.4 Å². The Morgan fingerprint density at radius 1 is 1.53 bits per heavy atom. The number of benzene rings is 1. The van der Waals surface area contributed by atoms with E-state index in [1.54, 1.807) is 0 Å². The molecule has 1 aromatic carbocycles. The van der Waals surface area contributed by atoms with E-state index in [1.807, 2.05) is 18.2 Å². The molecule has 2 rings (SSSR count). The normalized spacial score (nSPS) is 19.2. The topological polar surface area (TPSA) is 38.5 Å². The van der Waals surface area contributed by atoms with Crippen LogP contribution in [0.1, 0.15) is 12.0 Å². The van der Waals surface area contributed by atoms with Crippen molar-refractivity contribution in [2.24, 2.45) is 11.7 Å². The molecule has 1 saturated heterocycles. The summed E-state index contributed by atoms with van der Waals surface area (Å²) in [6.45, 7) is 2.73. The van der Waals surface area contributed by atoms with Gasteiger partial charge in [0.2, 0.25) is 0 Å². The van der Waals surface area contributed by atoms with Crippen molar-refractivity contribution in [3.8, 4) is 0 Å². The molecule has 0 saturated carbocycles. The van der Waals surface area contributed by atoms with Crippen molar-refractivity contribution >= 4 is 22.9 Å². The molecule has 1 aromatic rings. The minimum atomic E-state index is 0.454. The highest BCUT2D eigenvalue weighted by Crippen LogP contribution is 2.22. The van der Waals surface area contributed by atoms with Gasteiger partial charge in [-0.2, -0.15) is 0 Å². The molecule has 1 aliphatic heterocycles. The summed E-state index contributed by atoms with van der Waals surface area (Å²) in [6.07, 6.45) is 1.14. The van der Waals surface area contributed by atoms with E-state index < -0.39 is 0 Å². The van der Waals surface area contributed by atoms with Crippen LogP contribution in [0.3, 0.4) is 0 Å². The lowest BCUT2D eigenvalue weighted by Gasteiger charge is -2.24. The lowest BCUT2D eigenvalue weighted by atomic mass is 10.1. The summed E-state index contributed by atoms with van der Waals surface area (Å²) in [5.41, 5.74) is 7.79. The van der Waals surface area contributed by atoms with Gasteiger partial charge in [-0.05, 0) is 18.6 Å². The Bertz CT molecular complexity index is 402. The Balaban J connectivity index is 2.12. The van der Waals surface area contributed by atoms with Gasteiger partial charge >= 0.3 is 0 Å². The SMILES string of the molecule is CN(CC1CCOC1)c1ccccc1C(N)=S. The average Bonchev–Trinajstić information content (AvgIpc) is 2.81. The van der Waals surface area contributed by atoms with Gasteiger partial charge in [0.15, 0.2) is 0 Å². The van der Waals surface area contributed by atoms with E-state index in [2.05, 4.69) is 18.0 Å². The van der Waals surface area contributed by atoms with E-state index in [9.17, 15) is 0 Å². The van der Waals surface area contributed by atoms with Gasteiger partial charge in [0.05, 0.1) is 6.61 Å². The third-order valence-electron chi connectivity index (χ3n) is 3.14. The second-order valence-electron chi connectivity index (χ2n) is 4.49. The van der Waals surface area contributed by atoms with Crippen LogP contribution in [0.2, 0.25) is 0 Å². The lowest BCUT2D eigenvalue weighted by Crippen LogP contribution is -2.27. The number of rotatable bonds is 4. The molecule has 4 heteroatoms. The number of anilines is 1. The zero-order valence-electron chi connectivity index (χ0n) is 10.1. The molecular formula is C13H18N2OS. The third kappa shape index (κ3) is 2.96. The van der Waals surface area contributed by atoms with E-state index in [4.69, 9.17) is 22.7 Å². The first kappa shape index (κ1) is 12.3. The third-order valence-corrected chi connectivity index (χ3v) is 3.36. The van der Waals surface area contributed by atoms with Crippen LogP contribution in [0.4, 0.5) is 5.69 Å². The Kier molecular flexibility index (Phi) is 3.97. The van der Waals surface area contributed by atoms with Gasteiger partial charge in [0.1, 0.15) is 4.99 Å². The molecule has 1 aliphatic rings. The molecule has 0 aromatic heterocycles. The highest BCUT2D eigenvalue weighted by atomic mass is 32.1. The lowest BCUT2D eigenvalue weighted by molar-refractivity contribution is 0.186. The number of nitrogens with zero attached hydrogens (tertiary/aromatic N) is 1. The summed E-state index contributed by atoms with van der Waals surface area (Å²) < 4.78 is 5.39. The van der Waals surface area contributed by atoms with E-state index in [1.165, 1.54) is 0 Å². The smallest absolute Gasteiger partial charge is 0.106 e. The summed E-state index contributed by atoms with van der Waals surface area (Å²) in [7, 11) is 2.08. The molecule has 1 atom stereocenters. The molecule has 1 fully saturated rings. The Morgan fingerprint density at radius 2 is 2.29 bits per heavy atom. The quantitative estimate of drug-likeness (QED) is 0.827. The standard InChI is InChI=1S/C13H18N2OS/c1-15(8-10-6-7-16-9-10)12-5-3-2-4-11(12)13(14)17/h2-5,10H,6-9H2,1H3,(H2,14,17). The van der Waals surface area contributed by atoms with Crippen molar-refractivity contribution in [1.29, 1.82) is 0 Å². The highest BCUT2D eigenvalue weighted by Gasteiger charge is 2.19. The number of para-hydroxylation sites is 1. The minimum Gasteiger partial charge on any atom is -0.389 e. The first-order valence-corrected chi connectivity index (χ1v) is 6.27. The zero-order valence-corrected chi connectivity index (χ0v) is 10.9. The van der Waals surface area contributed by atoms with E-state index in [0.29, 0.717) is 10.9 Å². The number of thiocarbonyl (C=S) groups is 1. The average molecular weight is 250 g/mol. The van der Waals surface area contributed by atoms with Crippen LogP contribution < -0.4 is 10.6 Å². The Morgan fingerprint density at radius 3 is 2.94 bits per heavy atom. The largest absolute Gasteiger partial charge is 0.389 e. The monoisotopic (exact) mass is 250 g/mol. The number of nitrogens with two attached hydrogens (primary N) is 1. The van der Waals surface area contributed by atoms with Crippen LogP contribution in [0.5, 0.6) is 0 Å². The molecule has 17 heavy (non-hydrogen) atoms. The molecule has 0 aliphatic carbocycles. The molecular weight excluding hydrogens is 232 g/mol. The van der Waals surface area contributed by atoms with Crippen molar-refractivity contribution in [3.05, 3.63) is 29.8 Å². The van der Waals surface area contributed by atoms with Crippen molar-refractivity contribution in [2.75, 3.05) is 31.7 Å². The maximum atomic E-state index is 5.74. The van der Waals surface area contributed by atoms with Crippen molar-refractivity contribution in [2.45, 2.75) is 6.42 Å². The van der Waals surface area contributed by atoms with Crippen molar-refractivity contribution in [1.82, 2.24) is 0 Å². The van der Waals surface area contributed by atoms with Crippen LogP contribution >= 0.6 is 12.2 Å². The molecule has 3 nitrogen and oxygen atoms in total. The summed E-state index contributed by atoms with van der Waals surface area (Å²) >= 11 is 5.08. The van der Waals surface area contributed by atoms with Crippen LogP contribution in [0, 0.1) is 5.92 Å². The van der Waals surface area contributed by atoms with Crippen LogP contribution in [-0.2, 0) is 4.74 Å². The number of hydrogen-bond acceptors (Lipinski definition) is 3. The Labute approximate surface area is 108 Å². The summed E-state index contributed by atoms with van der Waals surface area (Å²) in [5, 5.41) is 0. The van der Waals surface area contributed by atoms with Gasteiger partial charge < -0.3 is 15.4 Å². The van der Waals surface area contributed by atoms with E-state index in [0.717, 1.165) is 37.4 Å². The van der Waals surface area contributed by atoms with Crippen LogP contribution in [0.15, 0.2) is 24.3 Å². The maximum Gasteiger partial charge on any atom is 0.106 e. The van der Waals surface area contributed by atoms with Crippen LogP contribution in [-0.4, -0.2) is 31.8 Å². The van der Waals surface area contributed by atoms with E-state index in [-0.39, 0.29) is 0 Å². The van der Waals surface area contributed by atoms with Gasteiger partial charge in [-0.3, -0.25) is 0 Å². The molecule has 0 spiro atoms. The van der Waals surface area contributed by atoms with Crippen molar-refractivity contribution in [3.63, 3.8) is 0 Å². The second kappa shape index (κ2) is 5.47. The first-order valence-electron chi connectivity index (χ1n) is 5.86. The fourth-order valence-corrected chi connectivity index (χ4v) is 2.40. The molecule has 2 N–H and O–H groups in total.